The number of thioether (sulfide) groups is 1. The molecule has 1 amide bonds. The summed E-state index contributed by atoms with van der Waals surface area (Å²) in [5.74, 6) is 0.581. The molecule has 0 aliphatic rings. The number of aryl methyl sites for hydroxylation is 2. The number of aromatic nitrogens is 3. The fraction of sp³-hybridized carbons (Fsp3) is 0.227. The molecule has 0 unspecified atom stereocenters. The van der Waals surface area contributed by atoms with Gasteiger partial charge in [-0.3, -0.25) is 4.79 Å². The number of hydrogen-bond acceptors (Lipinski definition) is 8. The summed E-state index contributed by atoms with van der Waals surface area (Å²) >= 11 is 2.59. The summed E-state index contributed by atoms with van der Waals surface area (Å²) in [6, 6.07) is 11.8. The molecule has 0 aliphatic carbocycles. The van der Waals surface area contributed by atoms with Crippen molar-refractivity contribution < 1.29 is 14.3 Å². The van der Waals surface area contributed by atoms with Crippen LogP contribution < -0.4 is 5.32 Å². The molecule has 0 aliphatic heterocycles. The molecule has 0 atom stereocenters. The number of ether oxygens (including phenoxy) is 1. The van der Waals surface area contributed by atoms with Crippen molar-refractivity contribution in [2.75, 3.05) is 17.7 Å². The van der Waals surface area contributed by atoms with E-state index in [1.54, 1.807) is 6.92 Å². The number of rotatable bonds is 9. The van der Waals surface area contributed by atoms with Gasteiger partial charge >= 0.3 is 5.97 Å². The molecular formula is C22H22N4O3S2. The summed E-state index contributed by atoms with van der Waals surface area (Å²) in [6.07, 6.45) is 1.78. The zero-order valence-electron chi connectivity index (χ0n) is 17.3. The maximum atomic E-state index is 12.3. The first-order chi connectivity index (χ1) is 15.0. The van der Waals surface area contributed by atoms with Crippen LogP contribution in [0, 0.1) is 13.8 Å². The molecule has 0 spiro atoms. The van der Waals surface area contributed by atoms with Crippen molar-refractivity contribution in [2.45, 2.75) is 25.3 Å². The predicted molar refractivity (Wildman–Crippen MR) is 124 cm³/mol. The Bertz CT molecular complexity index is 1080. The van der Waals surface area contributed by atoms with Crippen LogP contribution in [0.1, 0.15) is 27.6 Å². The smallest absolute Gasteiger partial charge is 0.350 e. The van der Waals surface area contributed by atoms with Crippen LogP contribution >= 0.6 is 23.1 Å². The first-order valence-corrected chi connectivity index (χ1v) is 11.4. The average molecular weight is 455 g/mol. The lowest BCUT2D eigenvalue weighted by atomic mass is 10.1. The molecule has 1 N–H and O–H groups in total. The number of benzene rings is 1. The number of carbonyl (C=O) groups is 2. The van der Waals surface area contributed by atoms with Crippen LogP contribution in [-0.2, 0) is 9.53 Å². The normalized spacial score (nSPS) is 10.5. The Balaban J connectivity index is 1.55. The number of amides is 1. The molecule has 31 heavy (non-hydrogen) atoms. The lowest BCUT2D eigenvalue weighted by Gasteiger charge is -2.06. The van der Waals surface area contributed by atoms with Crippen LogP contribution in [0.15, 0.2) is 54.1 Å². The standard InChI is InChI=1S/C22H22N4O3S2/c1-4-11-29-21(28)20-14(2)23-22(31-20)26-18(27)10-12-30-19-13-17(24-15(3)25-19)16-8-6-5-7-9-16/h4-9,13H,1,10-12H2,2-3H3,(H,23,26,27). The van der Waals surface area contributed by atoms with Crippen LogP contribution in [0.25, 0.3) is 11.3 Å². The van der Waals surface area contributed by atoms with Gasteiger partial charge in [-0.25, -0.2) is 19.7 Å². The van der Waals surface area contributed by atoms with Gasteiger partial charge in [0.15, 0.2) is 5.13 Å². The SMILES string of the molecule is C=CCOC(=O)c1sc(NC(=O)CCSc2cc(-c3ccccc3)nc(C)n2)nc1C. The quantitative estimate of drug-likeness (QED) is 0.217. The Hall–Kier alpha value is -3.04. The molecule has 2 aromatic heterocycles. The summed E-state index contributed by atoms with van der Waals surface area (Å²) < 4.78 is 5.03. The minimum atomic E-state index is -0.473. The van der Waals surface area contributed by atoms with Crippen LogP contribution in [0.3, 0.4) is 0 Å². The van der Waals surface area contributed by atoms with Crippen LogP contribution in [-0.4, -0.2) is 39.2 Å². The lowest BCUT2D eigenvalue weighted by molar-refractivity contribution is -0.115. The van der Waals surface area contributed by atoms with E-state index >= 15 is 0 Å². The lowest BCUT2D eigenvalue weighted by Crippen LogP contribution is -2.12. The molecule has 0 radical (unpaired) electrons. The van der Waals surface area contributed by atoms with E-state index in [0.29, 0.717) is 27.3 Å². The highest BCUT2D eigenvalue weighted by molar-refractivity contribution is 7.99. The highest BCUT2D eigenvalue weighted by atomic mass is 32.2. The molecular weight excluding hydrogens is 432 g/mol. The zero-order valence-corrected chi connectivity index (χ0v) is 18.9. The number of nitrogens with one attached hydrogen (secondary N) is 1. The zero-order chi connectivity index (χ0) is 22.2. The fourth-order valence-corrected chi connectivity index (χ4v) is 4.41. The number of nitrogens with zero attached hydrogens (tertiary/aromatic N) is 3. The van der Waals surface area contributed by atoms with E-state index in [0.717, 1.165) is 27.6 Å². The van der Waals surface area contributed by atoms with Crippen LogP contribution in [0.5, 0.6) is 0 Å². The van der Waals surface area contributed by atoms with Crippen molar-refractivity contribution in [1.82, 2.24) is 15.0 Å². The maximum absolute atomic E-state index is 12.3. The molecule has 0 fully saturated rings. The average Bonchev–Trinajstić information content (AvgIpc) is 3.12. The maximum Gasteiger partial charge on any atom is 0.350 e. The number of thiazole rings is 1. The monoisotopic (exact) mass is 454 g/mol. The summed E-state index contributed by atoms with van der Waals surface area (Å²) in [5.41, 5.74) is 2.40. The molecule has 0 saturated carbocycles. The summed E-state index contributed by atoms with van der Waals surface area (Å²) in [7, 11) is 0. The van der Waals surface area contributed by atoms with Gasteiger partial charge in [0, 0.05) is 17.7 Å². The summed E-state index contributed by atoms with van der Waals surface area (Å²) in [5, 5.41) is 3.94. The molecule has 1 aromatic carbocycles. The third-order valence-electron chi connectivity index (χ3n) is 4.02. The van der Waals surface area contributed by atoms with Gasteiger partial charge in [0.2, 0.25) is 5.91 Å². The molecule has 3 rings (SSSR count). The molecule has 2 heterocycles. The minimum absolute atomic E-state index is 0.129. The topological polar surface area (TPSA) is 94.1 Å². The first kappa shape index (κ1) is 22.6. The van der Waals surface area contributed by atoms with Crippen LogP contribution in [0.2, 0.25) is 0 Å². The van der Waals surface area contributed by atoms with E-state index in [2.05, 4.69) is 26.8 Å². The Kier molecular flexibility index (Phi) is 7.91. The number of hydrogen-bond donors (Lipinski definition) is 1. The fourth-order valence-electron chi connectivity index (χ4n) is 2.64. The first-order valence-electron chi connectivity index (χ1n) is 9.55. The number of carbonyl (C=O) groups excluding carboxylic acids is 2. The predicted octanol–water partition coefficient (Wildman–Crippen LogP) is 4.68. The Morgan fingerprint density at radius 1 is 1.19 bits per heavy atom. The van der Waals surface area contributed by atoms with E-state index in [1.165, 1.54) is 17.8 Å². The molecule has 9 heteroatoms. The molecule has 0 bridgehead atoms. The van der Waals surface area contributed by atoms with Crippen molar-refractivity contribution in [3.63, 3.8) is 0 Å². The third-order valence-corrected chi connectivity index (χ3v) is 5.99. The Morgan fingerprint density at radius 3 is 2.71 bits per heavy atom. The van der Waals surface area contributed by atoms with Gasteiger partial charge in [0.1, 0.15) is 22.3 Å². The third kappa shape index (κ3) is 6.47. The van der Waals surface area contributed by atoms with E-state index in [-0.39, 0.29) is 18.9 Å². The van der Waals surface area contributed by atoms with Crippen molar-refractivity contribution >= 4 is 40.1 Å². The van der Waals surface area contributed by atoms with Gasteiger partial charge in [-0.15, -0.1) is 11.8 Å². The summed E-state index contributed by atoms with van der Waals surface area (Å²) in [6.45, 7) is 7.20. The van der Waals surface area contributed by atoms with Crippen molar-refractivity contribution in [2.24, 2.45) is 0 Å². The van der Waals surface area contributed by atoms with Crippen LogP contribution in [0.4, 0.5) is 5.13 Å². The molecule has 7 nitrogen and oxygen atoms in total. The molecule has 0 saturated heterocycles. The minimum Gasteiger partial charge on any atom is -0.457 e. The van der Waals surface area contributed by atoms with Crippen molar-refractivity contribution in [3.8, 4) is 11.3 Å². The Labute approximate surface area is 189 Å². The van der Waals surface area contributed by atoms with Gasteiger partial charge < -0.3 is 10.1 Å². The largest absolute Gasteiger partial charge is 0.457 e. The van der Waals surface area contributed by atoms with Gasteiger partial charge in [0.25, 0.3) is 0 Å². The van der Waals surface area contributed by atoms with E-state index in [4.69, 9.17) is 4.74 Å². The van der Waals surface area contributed by atoms with Gasteiger partial charge in [-0.1, -0.05) is 54.3 Å². The second-order valence-corrected chi connectivity index (χ2v) is 8.59. The molecule has 160 valence electrons. The highest BCUT2D eigenvalue weighted by Crippen LogP contribution is 2.25. The number of anilines is 1. The molecule has 3 aromatic rings. The second-order valence-electron chi connectivity index (χ2n) is 6.47. The summed E-state index contributed by atoms with van der Waals surface area (Å²) in [4.78, 5) is 37.8. The van der Waals surface area contributed by atoms with Gasteiger partial charge in [-0.05, 0) is 19.9 Å². The highest BCUT2D eigenvalue weighted by Gasteiger charge is 2.17. The van der Waals surface area contributed by atoms with Crippen molar-refractivity contribution in [3.05, 3.63) is 65.4 Å². The van der Waals surface area contributed by atoms with Crippen molar-refractivity contribution in [1.29, 1.82) is 0 Å². The Morgan fingerprint density at radius 2 is 1.97 bits per heavy atom. The van der Waals surface area contributed by atoms with E-state index < -0.39 is 5.97 Å². The van der Waals surface area contributed by atoms with E-state index in [1.807, 2.05) is 43.3 Å². The number of esters is 1. The van der Waals surface area contributed by atoms with E-state index in [9.17, 15) is 9.59 Å². The van der Waals surface area contributed by atoms with Gasteiger partial charge in [-0.2, -0.15) is 0 Å². The van der Waals surface area contributed by atoms with Gasteiger partial charge in [0.05, 0.1) is 11.4 Å². The second kappa shape index (κ2) is 10.8.